The Morgan fingerprint density at radius 2 is 1.94 bits per heavy atom. The molecule has 2 heterocycles. The predicted molar refractivity (Wildman–Crippen MR) is 66.1 cm³/mol. The fourth-order valence-corrected chi connectivity index (χ4v) is 2.13. The molecule has 1 aromatic carbocycles. The molecule has 0 unspecified atom stereocenters. The van der Waals surface area contributed by atoms with Gasteiger partial charge in [0, 0.05) is 5.92 Å². The highest BCUT2D eigenvalue weighted by Gasteiger charge is 2.20. The molecule has 1 saturated heterocycles. The van der Waals surface area contributed by atoms with Crippen molar-refractivity contribution in [1.82, 2.24) is 10.3 Å². The number of benzene rings is 1. The Morgan fingerprint density at radius 3 is 2.69 bits per heavy atom. The molecule has 4 heteroatoms. The van der Waals surface area contributed by atoms with Gasteiger partial charge in [-0.15, -0.1) is 12.4 Å². The van der Waals surface area contributed by atoms with E-state index in [1.807, 2.05) is 24.3 Å². The van der Waals surface area contributed by atoms with E-state index in [-0.39, 0.29) is 12.4 Å². The second-order valence-corrected chi connectivity index (χ2v) is 4.04. The molecule has 16 heavy (non-hydrogen) atoms. The molecule has 0 amide bonds. The van der Waals surface area contributed by atoms with Gasteiger partial charge >= 0.3 is 0 Å². The lowest BCUT2D eigenvalue weighted by molar-refractivity contribution is 0.385. The fourth-order valence-electron chi connectivity index (χ4n) is 2.13. The van der Waals surface area contributed by atoms with Crippen LogP contribution in [0, 0.1) is 0 Å². The summed E-state index contributed by atoms with van der Waals surface area (Å²) >= 11 is 0. The summed E-state index contributed by atoms with van der Waals surface area (Å²) in [6.45, 7) is 2.15. The Morgan fingerprint density at radius 1 is 1.19 bits per heavy atom. The maximum absolute atomic E-state index is 5.77. The van der Waals surface area contributed by atoms with Crippen LogP contribution in [0.2, 0.25) is 0 Å². The third-order valence-electron chi connectivity index (χ3n) is 3.00. The zero-order chi connectivity index (χ0) is 10.1. The van der Waals surface area contributed by atoms with Gasteiger partial charge in [0.05, 0.1) is 0 Å². The lowest BCUT2D eigenvalue weighted by atomic mass is 9.98. The first-order valence-corrected chi connectivity index (χ1v) is 5.50. The number of rotatable bonds is 1. The normalized spacial score (nSPS) is 17.2. The third-order valence-corrected chi connectivity index (χ3v) is 3.00. The van der Waals surface area contributed by atoms with E-state index in [2.05, 4.69) is 10.3 Å². The van der Waals surface area contributed by atoms with Gasteiger partial charge in [-0.25, -0.2) is 4.98 Å². The lowest BCUT2D eigenvalue weighted by Crippen LogP contribution is -2.26. The number of hydrogen-bond acceptors (Lipinski definition) is 3. The molecule has 1 N–H and O–H groups in total. The van der Waals surface area contributed by atoms with Crippen LogP contribution in [0.15, 0.2) is 28.7 Å². The van der Waals surface area contributed by atoms with E-state index in [4.69, 9.17) is 4.42 Å². The van der Waals surface area contributed by atoms with Crippen molar-refractivity contribution in [3.8, 4) is 0 Å². The third kappa shape index (κ3) is 2.06. The molecule has 1 aliphatic rings. The Hall–Kier alpha value is -1.06. The molecule has 86 valence electrons. The monoisotopic (exact) mass is 238 g/mol. The van der Waals surface area contributed by atoms with Crippen LogP contribution in [0.3, 0.4) is 0 Å². The molecule has 0 saturated carbocycles. The molecule has 0 bridgehead atoms. The molecule has 1 aromatic heterocycles. The van der Waals surface area contributed by atoms with Crippen molar-refractivity contribution in [2.24, 2.45) is 0 Å². The van der Waals surface area contributed by atoms with E-state index < -0.39 is 0 Å². The Labute approximate surface area is 101 Å². The van der Waals surface area contributed by atoms with Crippen LogP contribution in [0.4, 0.5) is 0 Å². The first-order chi connectivity index (χ1) is 7.43. The number of nitrogens with zero attached hydrogens (tertiary/aromatic N) is 1. The molecular weight excluding hydrogens is 224 g/mol. The number of halogens is 1. The first kappa shape index (κ1) is 11.4. The standard InChI is InChI=1S/C12H14N2O.ClH/c1-2-4-11-10(3-1)14-12(15-11)9-5-7-13-8-6-9;/h1-4,9,13H,5-8H2;1H. The molecule has 3 rings (SSSR count). The molecule has 1 fully saturated rings. The summed E-state index contributed by atoms with van der Waals surface area (Å²) in [7, 11) is 0. The summed E-state index contributed by atoms with van der Waals surface area (Å²) in [4.78, 5) is 4.54. The highest BCUT2D eigenvalue weighted by Crippen LogP contribution is 2.27. The summed E-state index contributed by atoms with van der Waals surface area (Å²) in [5.41, 5.74) is 1.89. The van der Waals surface area contributed by atoms with Gasteiger partial charge in [0.2, 0.25) is 0 Å². The summed E-state index contributed by atoms with van der Waals surface area (Å²) in [5, 5.41) is 3.35. The van der Waals surface area contributed by atoms with Gasteiger partial charge in [-0.1, -0.05) is 12.1 Å². The van der Waals surface area contributed by atoms with Crippen molar-refractivity contribution >= 4 is 23.5 Å². The van der Waals surface area contributed by atoms with Crippen LogP contribution in [0.5, 0.6) is 0 Å². The summed E-state index contributed by atoms with van der Waals surface area (Å²) in [6.07, 6.45) is 2.26. The Balaban J connectivity index is 0.000000963. The summed E-state index contributed by atoms with van der Waals surface area (Å²) in [6, 6.07) is 7.97. The van der Waals surface area contributed by atoms with Crippen molar-refractivity contribution in [3.63, 3.8) is 0 Å². The average molecular weight is 239 g/mol. The SMILES string of the molecule is Cl.c1ccc2oc(C3CCNCC3)nc2c1. The molecular formula is C12H15ClN2O. The van der Waals surface area contributed by atoms with Crippen LogP contribution >= 0.6 is 12.4 Å². The minimum Gasteiger partial charge on any atom is -0.440 e. The topological polar surface area (TPSA) is 38.1 Å². The molecule has 0 atom stereocenters. The number of aromatic nitrogens is 1. The van der Waals surface area contributed by atoms with Crippen molar-refractivity contribution in [2.75, 3.05) is 13.1 Å². The molecule has 0 spiro atoms. The maximum Gasteiger partial charge on any atom is 0.198 e. The van der Waals surface area contributed by atoms with Crippen molar-refractivity contribution in [1.29, 1.82) is 0 Å². The van der Waals surface area contributed by atoms with Gasteiger partial charge in [0.25, 0.3) is 0 Å². The predicted octanol–water partition coefficient (Wildman–Crippen LogP) is 2.72. The van der Waals surface area contributed by atoms with Crippen LogP contribution < -0.4 is 5.32 Å². The zero-order valence-electron chi connectivity index (χ0n) is 8.98. The molecule has 1 aliphatic heterocycles. The van der Waals surface area contributed by atoms with E-state index in [9.17, 15) is 0 Å². The van der Waals surface area contributed by atoms with Gasteiger partial charge in [-0.05, 0) is 38.1 Å². The molecule has 0 radical (unpaired) electrons. The van der Waals surface area contributed by atoms with Crippen molar-refractivity contribution in [3.05, 3.63) is 30.2 Å². The van der Waals surface area contributed by atoms with E-state index in [0.29, 0.717) is 5.92 Å². The van der Waals surface area contributed by atoms with Crippen LogP contribution in [-0.2, 0) is 0 Å². The second-order valence-electron chi connectivity index (χ2n) is 4.04. The van der Waals surface area contributed by atoms with E-state index >= 15 is 0 Å². The number of nitrogens with one attached hydrogen (secondary N) is 1. The second kappa shape index (κ2) is 4.85. The van der Waals surface area contributed by atoms with Crippen LogP contribution in [0.1, 0.15) is 24.7 Å². The minimum absolute atomic E-state index is 0. The van der Waals surface area contributed by atoms with E-state index in [1.54, 1.807) is 0 Å². The van der Waals surface area contributed by atoms with Gasteiger partial charge in [-0.2, -0.15) is 0 Å². The molecule has 2 aromatic rings. The smallest absolute Gasteiger partial charge is 0.198 e. The number of para-hydroxylation sites is 2. The van der Waals surface area contributed by atoms with Gasteiger partial charge in [0.15, 0.2) is 11.5 Å². The van der Waals surface area contributed by atoms with Crippen LogP contribution in [0.25, 0.3) is 11.1 Å². The van der Waals surface area contributed by atoms with E-state index in [1.165, 1.54) is 0 Å². The number of fused-ring (bicyclic) bond motifs is 1. The molecule has 3 nitrogen and oxygen atoms in total. The average Bonchev–Trinajstić information content (AvgIpc) is 2.74. The van der Waals surface area contributed by atoms with Gasteiger partial charge < -0.3 is 9.73 Å². The van der Waals surface area contributed by atoms with E-state index in [0.717, 1.165) is 42.9 Å². The highest BCUT2D eigenvalue weighted by molar-refractivity contribution is 5.85. The summed E-state index contributed by atoms with van der Waals surface area (Å²) < 4.78 is 5.77. The van der Waals surface area contributed by atoms with Gasteiger partial charge in [-0.3, -0.25) is 0 Å². The minimum atomic E-state index is 0. The van der Waals surface area contributed by atoms with Crippen molar-refractivity contribution < 1.29 is 4.42 Å². The Bertz CT molecular complexity index is 430. The Kier molecular flexibility index (Phi) is 3.46. The van der Waals surface area contributed by atoms with Gasteiger partial charge in [0.1, 0.15) is 5.52 Å². The number of piperidine rings is 1. The highest BCUT2D eigenvalue weighted by atomic mass is 35.5. The summed E-state index contributed by atoms with van der Waals surface area (Å²) in [5.74, 6) is 1.41. The van der Waals surface area contributed by atoms with Crippen molar-refractivity contribution in [2.45, 2.75) is 18.8 Å². The fraction of sp³-hybridized carbons (Fsp3) is 0.417. The maximum atomic E-state index is 5.77. The number of hydrogen-bond donors (Lipinski definition) is 1. The zero-order valence-corrected chi connectivity index (χ0v) is 9.80. The first-order valence-electron chi connectivity index (χ1n) is 5.50. The number of oxazole rings is 1. The molecule has 0 aliphatic carbocycles. The largest absolute Gasteiger partial charge is 0.440 e. The van der Waals surface area contributed by atoms with Crippen LogP contribution in [-0.4, -0.2) is 18.1 Å². The quantitative estimate of drug-likeness (QED) is 0.830. The lowest BCUT2D eigenvalue weighted by Gasteiger charge is -2.19.